The number of hydrogen-bond acceptors (Lipinski definition) is 3. The Bertz CT molecular complexity index is 642. The van der Waals surface area contributed by atoms with Gasteiger partial charge in [0.25, 0.3) is 0 Å². The molecule has 0 unspecified atom stereocenters. The van der Waals surface area contributed by atoms with E-state index in [2.05, 4.69) is 44.0 Å². The maximum Gasteiger partial charge on any atom is 0.224 e. The number of hydrogen-bond donors (Lipinski definition) is 1. The van der Waals surface area contributed by atoms with Gasteiger partial charge in [-0.05, 0) is 50.2 Å². The summed E-state index contributed by atoms with van der Waals surface area (Å²) in [6, 6.07) is 4.14. The first-order chi connectivity index (χ1) is 10.5. The van der Waals surface area contributed by atoms with Gasteiger partial charge in [-0.15, -0.1) is 0 Å². The SMILES string of the molecule is CCN(CC)CCNC(=O)Cc1coc2cc(C)c(C)cc12. The van der Waals surface area contributed by atoms with Gasteiger partial charge in [-0.25, -0.2) is 0 Å². The number of rotatable bonds is 7. The molecule has 0 aliphatic rings. The summed E-state index contributed by atoms with van der Waals surface area (Å²) < 4.78 is 5.58. The van der Waals surface area contributed by atoms with Crippen LogP contribution in [0.5, 0.6) is 0 Å². The largest absolute Gasteiger partial charge is 0.464 e. The molecule has 120 valence electrons. The number of aryl methyl sites for hydroxylation is 2. The topological polar surface area (TPSA) is 45.5 Å². The summed E-state index contributed by atoms with van der Waals surface area (Å²) in [5.74, 6) is 0.0492. The lowest BCUT2D eigenvalue weighted by atomic mass is 10.0. The van der Waals surface area contributed by atoms with E-state index in [9.17, 15) is 4.79 Å². The maximum absolute atomic E-state index is 12.1. The molecule has 2 aromatic rings. The highest BCUT2D eigenvalue weighted by Crippen LogP contribution is 2.25. The molecule has 0 spiro atoms. The van der Waals surface area contributed by atoms with Crippen LogP contribution in [0, 0.1) is 13.8 Å². The molecular weight excluding hydrogens is 276 g/mol. The molecule has 0 saturated heterocycles. The van der Waals surface area contributed by atoms with Gasteiger partial charge in [0, 0.05) is 24.0 Å². The van der Waals surface area contributed by atoms with Crippen LogP contribution in [0.2, 0.25) is 0 Å². The van der Waals surface area contributed by atoms with Gasteiger partial charge in [-0.3, -0.25) is 4.79 Å². The summed E-state index contributed by atoms with van der Waals surface area (Å²) in [5.41, 5.74) is 4.24. The third kappa shape index (κ3) is 3.89. The van der Waals surface area contributed by atoms with Crippen LogP contribution in [-0.2, 0) is 11.2 Å². The molecule has 1 amide bonds. The Labute approximate surface area is 132 Å². The normalized spacial score (nSPS) is 11.3. The molecule has 1 heterocycles. The molecule has 1 aromatic heterocycles. The zero-order valence-electron chi connectivity index (χ0n) is 14.0. The number of carbonyl (C=O) groups excluding carboxylic acids is 1. The molecule has 0 aliphatic heterocycles. The van der Waals surface area contributed by atoms with Crippen molar-refractivity contribution in [3.63, 3.8) is 0 Å². The maximum atomic E-state index is 12.1. The summed E-state index contributed by atoms with van der Waals surface area (Å²) in [7, 11) is 0. The summed E-state index contributed by atoms with van der Waals surface area (Å²) in [6.45, 7) is 12.0. The van der Waals surface area contributed by atoms with Gasteiger partial charge < -0.3 is 14.6 Å². The second-order valence-corrected chi connectivity index (χ2v) is 5.75. The number of amides is 1. The highest BCUT2D eigenvalue weighted by Gasteiger charge is 2.11. The second-order valence-electron chi connectivity index (χ2n) is 5.75. The van der Waals surface area contributed by atoms with E-state index in [0.29, 0.717) is 13.0 Å². The quantitative estimate of drug-likeness (QED) is 0.855. The lowest BCUT2D eigenvalue weighted by molar-refractivity contribution is -0.120. The Kier molecular flexibility index (Phi) is 5.61. The summed E-state index contributed by atoms with van der Waals surface area (Å²) in [6.07, 6.45) is 2.07. The van der Waals surface area contributed by atoms with Gasteiger partial charge in [0.15, 0.2) is 0 Å². The highest BCUT2D eigenvalue weighted by molar-refractivity contribution is 5.88. The van der Waals surface area contributed by atoms with Crippen molar-refractivity contribution in [1.29, 1.82) is 0 Å². The summed E-state index contributed by atoms with van der Waals surface area (Å²) in [4.78, 5) is 14.4. The van der Waals surface area contributed by atoms with Gasteiger partial charge in [-0.1, -0.05) is 13.8 Å². The molecule has 0 aliphatic carbocycles. The van der Waals surface area contributed by atoms with E-state index in [1.165, 1.54) is 11.1 Å². The first-order valence-corrected chi connectivity index (χ1v) is 8.01. The first-order valence-electron chi connectivity index (χ1n) is 8.01. The van der Waals surface area contributed by atoms with Crippen LogP contribution >= 0.6 is 0 Å². The fourth-order valence-corrected chi connectivity index (χ4v) is 2.60. The number of nitrogens with one attached hydrogen (secondary N) is 1. The van der Waals surface area contributed by atoms with Crippen LogP contribution in [0.15, 0.2) is 22.8 Å². The number of furan rings is 1. The van der Waals surface area contributed by atoms with E-state index in [4.69, 9.17) is 4.42 Å². The van der Waals surface area contributed by atoms with Gasteiger partial charge in [0.1, 0.15) is 5.58 Å². The van der Waals surface area contributed by atoms with Crippen molar-refractivity contribution >= 4 is 16.9 Å². The molecule has 0 fully saturated rings. The fraction of sp³-hybridized carbons (Fsp3) is 0.500. The van der Waals surface area contributed by atoms with Crippen LogP contribution < -0.4 is 5.32 Å². The minimum atomic E-state index is 0.0492. The van der Waals surface area contributed by atoms with Crippen LogP contribution in [0.3, 0.4) is 0 Å². The van der Waals surface area contributed by atoms with Crippen molar-refractivity contribution in [3.8, 4) is 0 Å². The monoisotopic (exact) mass is 302 g/mol. The van der Waals surface area contributed by atoms with E-state index in [-0.39, 0.29) is 5.91 Å². The average molecular weight is 302 g/mol. The first kappa shape index (κ1) is 16.6. The molecule has 4 nitrogen and oxygen atoms in total. The Balaban J connectivity index is 1.96. The molecule has 0 saturated carbocycles. The van der Waals surface area contributed by atoms with Gasteiger partial charge in [0.05, 0.1) is 12.7 Å². The van der Waals surface area contributed by atoms with Crippen molar-refractivity contribution in [2.75, 3.05) is 26.2 Å². The summed E-state index contributed by atoms with van der Waals surface area (Å²) >= 11 is 0. The standard InChI is InChI=1S/C18H26N2O2/c1-5-20(6-2)8-7-19-18(21)11-15-12-22-17-10-14(4)13(3)9-16(15)17/h9-10,12H,5-8,11H2,1-4H3,(H,19,21). The van der Waals surface area contributed by atoms with Crippen molar-refractivity contribution < 1.29 is 9.21 Å². The van der Waals surface area contributed by atoms with Gasteiger partial charge in [-0.2, -0.15) is 0 Å². The van der Waals surface area contributed by atoms with Crippen molar-refractivity contribution in [1.82, 2.24) is 10.2 Å². The van der Waals surface area contributed by atoms with E-state index in [0.717, 1.165) is 36.2 Å². The van der Waals surface area contributed by atoms with Gasteiger partial charge >= 0.3 is 0 Å². The Hall–Kier alpha value is -1.81. The molecule has 1 N–H and O–H groups in total. The predicted molar refractivity (Wildman–Crippen MR) is 90.2 cm³/mol. The molecule has 2 rings (SSSR count). The predicted octanol–water partition coefficient (Wildman–Crippen LogP) is 3.05. The molecular formula is C18H26N2O2. The Morgan fingerprint density at radius 3 is 2.55 bits per heavy atom. The van der Waals surface area contributed by atoms with Crippen LogP contribution in [0.25, 0.3) is 11.0 Å². The Morgan fingerprint density at radius 2 is 1.86 bits per heavy atom. The summed E-state index contributed by atoms with van der Waals surface area (Å²) in [5, 5.41) is 4.03. The van der Waals surface area contributed by atoms with Crippen molar-refractivity contribution in [2.24, 2.45) is 0 Å². The Morgan fingerprint density at radius 1 is 1.18 bits per heavy atom. The second kappa shape index (κ2) is 7.45. The number of nitrogens with zero attached hydrogens (tertiary/aromatic N) is 1. The smallest absolute Gasteiger partial charge is 0.224 e. The van der Waals surface area contributed by atoms with E-state index < -0.39 is 0 Å². The molecule has 1 aromatic carbocycles. The minimum Gasteiger partial charge on any atom is -0.464 e. The van der Waals surface area contributed by atoms with E-state index in [1.807, 2.05) is 6.07 Å². The number of fused-ring (bicyclic) bond motifs is 1. The number of likely N-dealkylation sites (N-methyl/N-ethyl adjacent to an activating group) is 1. The van der Waals surface area contributed by atoms with Gasteiger partial charge in [0.2, 0.25) is 5.91 Å². The van der Waals surface area contributed by atoms with Crippen LogP contribution in [-0.4, -0.2) is 37.0 Å². The molecule has 0 atom stereocenters. The number of carbonyl (C=O) groups is 1. The molecule has 4 heteroatoms. The lowest BCUT2D eigenvalue weighted by Crippen LogP contribution is -2.35. The van der Waals surface area contributed by atoms with Crippen molar-refractivity contribution in [3.05, 3.63) is 35.1 Å². The molecule has 22 heavy (non-hydrogen) atoms. The highest BCUT2D eigenvalue weighted by atomic mass is 16.3. The third-order valence-electron chi connectivity index (χ3n) is 4.27. The molecule has 0 radical (unpaired) electrons. The average Bonchev–Trinajstić information content (AvgIpc) is 2.86. The van der Waals surface area contributed by atoms with Crippen molar-refractivity contribution in [2.45, 2.75) is 34.1 Å². The van der Waals surface area contributed by atoms with Crippen LogP contribution in [0.4, 0.5) is 0 Å². The third-order valence-corrected chi connectivity index (χ3v) is 4.27. The molecule has 0 bridgehead atoms. The fourth-order valence-electron chi connectivity index (χ4n) is 2.60. The van der Waals surface area contributed by atoms with Crippen LogP contribution in [0.1, 0.15) is 30.5 Å². The van der Waals surface area contributed by atoms with E-state index in [1.54, 1.807) is 6.26 Å². The zero-order valence-corrected chi connectivity index (χ0v) is 14.0. The lowest BCUT2D eigenvalue weighted by Gasteiger charge is -2.17. The van der Waals surface area contributed by atoms with E-state index >= 15 is 0 Å². The zero-order chi connectivity index (χ0) is 16.1. The number of benzene rings is 1. The minimum absolute atomic E-state index is 0.0492.